The highest BCUT2D eigenvalue weighted by atomic mass is 35.5. The Bertz CT molecular complexity index is 523. The van der Waals surface area contributed by atoms with E-state index in [-0.39, 0.29) is 21.4 Å². The van der Waals surface area contributed by atoms with Crippen molar-refractivity contribution >= 4 is 40.1 Å². The molecule has 0 saturated heterocycles. The van der Waals surface area contributed by atoms with Crippen LogP contribution in [0.2, 0.25) is 10.3 Å². The lowest BCUT2D eigenvalue weighted by Gasteiger charge is -2.00. The molecule has 5 nitrogen and oxygen atoms in total. The quantitative estimate of drug-likeness (QED) is 0.736. The standard InChI is InChI=1S/C7H3Cl2N3O2/c8-5-2-1-10-12-4(2)3(7(13)14)6(9)11-5/h1H,(H,10,12)(H,13,14). The zero-order valence-electron chi connectivity index (χ0n) is 6.58. The van der Waals surface area contributed by atoms with E-state index in [0.717, 1.165) is 0 Å². The summed E-state index contributed by atoms with van der Waals surface area (Å²) in [7, 11) is 0. The van der Waals surface area contributed by atoms with E-state index < -0.39 is 5.97 Å². The van der Waals surface area contributed by atoms with Gasteiger partial charge in [0, 0.05) is 0 Å². The third-order valence-corrected chi connectivity index (χ3v) is 2.29. The molecule has 0 atom stereocenters. The fourth-order valence-corrected chi connectivity index (χ4v) is 1.66. The van der Waals surface area contributed by atoms with Crippen molar-refractivity contribution in [3.05, 3.63) is 22.1 Å². The second-order valence-electron chi connectivity index (χ2n) is 2.53. The van der Waals surface area contributed by atoms with Crippen LogP contribution < -0.4 is 0 Å². The highest BCUT2D eigenvalue weighted by Gasteiger charge is 2.18. The number of fused-ring (bicyclic) bond motifs is 1. The molecule has 7 heteroatoms. The van der Waals surface area contributed by atoms with Gasteiger partial charge in [-0.2, -0.15) is 5.10 Å². The summed E-state index contributed by atoms with van der Waals surface area (Å²) in [5, 5.41) is 15.5. The van der Waals surface area contributed by atoms with Crippen LogP contribution in [0.5, 0.6) is 0 Å². The predicted molar refractivity (Wildman–Crippen MR) is 50.9 cm³/mol. The van der Waals surface area contributed by atoms with Gasteiger partial charge < -0.3 is 5.11 Å². The summed E-state index contributed by atoms with van der Waals surface area (Å²) in [6.07, 6.45) is 1.40. The highest BCUT2D eigenvalue weighted by molar-refractivity contribution is 6.38. The SMILES string of the molecule is O=C(O)c1c(Cl)nc(Cl)c2cn[nH]c12. The van der Waals surface area contributed by atoms with Gasteiger partial charge in [-0.1, -0.05) is 23.2 Å². The molecule has 2 heterocycles. The van der Waals surface area contributed by atoms with Gasteiger partial charge in [0.1, 0.15) is 15.9 Å². The molecule has 2 rings (SSSR count). The lowest BCUT2D eigenvalue weighted by atomic mass is 10.2. The van der Waals surface area contributed by atoms with Crippen LogP contribution in [0.4, 0.5) is 0 Å². The molecule has 0 aliphatic carbocycles. The minimum Gasteiger partial charge on any atom is -0.478 e. The summed E-state index contributed by atoms with van der Waals surface area (Å²) >= 11 is 11.4. The van der Waals surface area contributed by atoms with Crippen LogP contribution in [0.25, 0.3) is 10.9 Å². The van der Waals surface area contributed by atoms with Crippen molar-refractivity contribution in [2.24, 2.45) is 0 Å². The Morgan fingerprint density at radius 2 is 2.14 bits per heavy atom. The number of aromatic carboxylic acids is 1. The molecule has 0 bridgehead atoms. The monoisotopic (exact) mass is 231 g/mol. The van der Waals surface area contributed by atoms with Crippen molar-refractivity contribution in [2.75, 3.05) is 0 Å². The number of carboxylic acid groups (broad SMARTS) is 1. The van der Waals surface area contributed by atoms with Crippen molar-refractivity contribution in [3.63, 3.8) is 0 Å². The fraction of sp³-hybridized carbons (Fsp3) is 0. The van der Waals surface area contributed by atoms with E-state index >= 15 is 0 Å². The molecule has 2 N–H and O–H groups in total. The molecule has 0 aliphatic rings. The van der Waals surface area contributed by atoms with Crippen LogP contribution >= 0.6 is 23.2 Å². The number of aromatic amines is 1. The Labute approximate surface area is 87.7 Å². The van der Waals surface area contributed by atoms with Gasteiger partial charge in [0.2, 0.25) is 0 Å². The van der Waals surface area contributed by atoms with Crippen LogP contribution in [0.1, 0.15) is 10.4 Å². The number of pyridine rings is 1. The molecule has 0 aliphatic heterocycles. The number of carbonyl (C=O) groups is 1. The molecule has 0 radical (unpaired) electrons. The van der Waals surface area contributed by atoms with E-state index in [1.54, 1.807) is 0 Å². The van der Waals surface area contributed by atoms with Gasteiger partial charge in [-0.15, -0.1) is 0 Å². The van der Waals surface area contributed by atoms with Crippen molar-refractivity contribution in [1.82, 2.24) is 15.2 Å². The fourth-order valence-electron chi connectivity index (χ4n) is 1.13. The van der Waals surface area contributed by atoms with Gasteiger partial charge in [-0.25, -0.2) is 9.78 Å². The number of halogens is 2. The normalized spacial score (nSPS) is 10.7. The first-order valence-corrected chi connectivity index (χ1v) is 4.28. The molecule has 0 saturated carbocycles. The maximum Gasteiger partial charge on any atom is 0.341 e. The number of hydrogen-bond donors (Lipinski definition) is 2. The number of rotatable bonds is 1. The summed E-state index contributed by atoms with van der Waals surface area (Å²) < 4.78 is 0. The van der Waals surface area contributed by atoms with Gasteiger partial charge in [0.05, 0.1) is 17.1 Å². The van der Waals surface area contributed by atoms with Crippen molar-refractivity contribution < 1.29 is 9.90 Å². The van der Waals surface area contributed by atoms with Crippen LogP contribution in [0.3, 0.4) is 0 Å². The van der Waals surface area contributed by atoms with E-state index in [9.17, 15) is 4.79 Å². The number of nitrogens with one attached hydrogen (secondary N) is 1. The minimum absolute atomic E-state index is 0.122. The molecule has 0 spiro atoms. The third kappa shape index (κ3) is 1.21. The first-order chi connectivity index (χ1) is 6.61. The zero-order chi connectivity index (χ0) is 10.3. The van der Waals surface area contributed by atoms with E-state index in [0.29, 0.717) is 5.39 Å². The number of nitrogens with zero attached hydrogens (tertiary/aromatic N) is 2. The topological polar surface area (TPSA) is 78.9 Å². The second kappa shape index (κ2) is 3.11. The van der Waals surface area contributed by atoms with Crippen LogP contribution in [0, 0.1) is 0 Å². The van der Waals surface area contributed by atoms with E-state index in [4.69, 9.17) is 28.3 Å². The minimum atomic E-state index is -1.17. The smallest absolute Gasteiger partial charge is 0.341 e. The van der Waals surface area contributed by atoms with Gasteiger partial charge in [0.25, 0.3) is 0 Å². The van der Waals surface area contributed by atoms with E-state index in [1.807, 2.05) is 0 Å². The number of aromatic nitrogens is 3. The first kappa shape index (κ1) is 9.23. The summed E-state index contributed by atoms with van der Waals surface area (Å²) in [6, 6.07) is 0. The summed E-state index contributed by atoms with van der Waals surface area (Å²) in [5.74, 6) is -1.17. The molecule has 0 aromatic carbocycles. The Morgan fingerprint density at radius 1 is 1.43 bits per heavy atom. The van der Waals surface area contributed by atoms with Crippen LogP contribution in [0.15, 0.2) is 6.20 Å². The van der Waals surface area contributed by atoms with Crippen molar-refractivity contribution in [2.45, 2.75) is 0 Å². The molecule has 0 fully saturated rings. The lowest BCUT2D eigenvalue weighted by Crippen LogP contribution is -2.01. The molecular formula is C7H3Cl2N3O2. The molecule has 2 aromatic heterocycles. The Balaban J connectivity index is 2.93. The predicted octanol–water partition coefficient (Wildman–Crippen LogP) is 1.96. The second-order valence-corrected chi connectivity index (χ2v) is 3.25. The lowest BCUT2D eigenvalue weighted by molar-refractivity contribution is 0.0698. The number of carboxylic acids is 1. The zero-order valence-corrected chi connectivity index (χ0v) is 8.10. The van der Waals surface area contributed by atoms with Gasteiger partial charge in [-0.05, 0) is 0 Å². The average molecular weight is 232 g/mol. The van der Waals surface area contributed by atoms with Crippen molar-refractivity contribution in [3.8, 4) is 0 Å². The molecule has 72 valence electrons. The highest BCUT2D eigenvalue weighted by Crippen LogP contribution is 2.27. The summed E-state index contributed by atoms with van der Waals surface area (Å²) in [6.45, 7) is 0. The molecular weight excluding hydrogens is 229 g/mol. The average Bonchev–Trinajstić information content (AvgIpc) is 2.51. The number of hydrogen-bond acceptors (Lipinski definition) is 3. The Morgan fingerprint density at radius 3 is 2.79 bits per heavy atom. The maximum atomic E-state index is 10.8. The first-order valence-electron chi connectivity index (χ1n) is 3.52. The number of H-pyrrole nitrogens is 1. The maximum absolute atomic E-state index is 10.8. The molecule has 14 heavy (non-hydrogen) atoms. The Kier molecular flexibility index (Phi) is 2.05. The van der Waals surface area contributed by atoms with Crippen LogP contribution in [-0.2, 0) is 0 Å². The van der Waals surface area contributed by atoms with Crippen LogP contribution in [-0.4, -0.2) is 26.3 Å². The van der Waals surface area contributed by atoms with Gasteiger partial charge >= 0.3 is 5.97 Å². The Hall–Kier alpha value is -1.33. The van der Waals surface area contributed by atoms with Crippen molar-refractivity contribution in [1.29, 1.82) is 0 Å². The summed E-state index contributed by atoms with van der Waals surface area (Å²) in [5.41, 5.74) is 0.158. The molecule has 2 aromatic rings. The molecule has 0 unspecified atom stereocenters. The largest absolute Gasteiger partial charge is 0.478 e. The molecule has 0 amide bonds. The third-order valence-electron chi connectivity index (χ3n) is 1.73. The van der Waals surface area contributed by atoms with Gasteiger partial charge in [0.15, 0.2) is 0 Å². The summed E-state index contributed by atoms with van der Waals surface area (Å²) in [4.78, 5) is 14.5. The van der Waals surface area contributed by atoms with E-state index in [1.165, 1.54) is 6.20 Å². The van der Waals surface area contributed by atoms with E-state index in [2.05, 4.69) is 15.2 Å². The van der Waals surface area contributed by atoms with Gasteiger partial charge in [-0.3, -0.25) is 5.10 Å².